The quantitative estimate of drug-likeness (QED) is 0.242. The number of benzene rings is 3. The molecule has 1 fully saturated rings. The lowest BCUT2D eigenvalue weighted by Crippen LogP contribution is -2.49. The van der Waals surface area contributed by atoms with Gasteiger partial charge in [-0.1, -0.05) is 45.0 Å². The Balaban J connectivity index is 1.22. The van der Waals surface area contributed by atoms with Gasteiger partial charge in [-0.2, -0.15) is 4.31 Å². The average molecular weight is 616 g/mol. The van der Waals surface area contributed by atoms with Crippen molar-refractivity contribution >= 4 is 27.6 Å². The molecule has 0 radical (unpaired) electrons. The van der Waals surface area contributed by atoms with Crippen LogP contribution >= 0.6 is 0 Å². The molecule has 0 bridgehead atoms. The van der Waals surface area contributed by atoms with Crippen molar-refractivity contribution in [3.63, 3.8) is 0 Å². The number of phenols is 2. The number of sulfonamides is 1. The van der Waals surface area contributed by atoms with Crippen LogP contribution in [0.5, 0.6) is 11.5 Å². The van der Waals surface area contributed by atoms with E-state index < -0.39 is 21.7 Å². The molecule has 0 aliphatic carbocycles. The minimum atomic E-state index is -3.74. The van der Waals surface area contributed by atoms with E-state index in [1.165, 1.54) is 40.2 Å². The minimum Gasteiger partial charge on any atom is -0.504 e. The van der Waals surface area contributed by atoms with E-state index in [2.05, 4.69) is 60.3 Å². The number of aromatic hydroxyl groups is 2. The Labute approximate surface area is 258 Å². The van der Waals surface area contributed by atoms with Gasteiger partial charge in [0.1, 0.15) is 0 Å². The first kappa shape index (κ1) is 31.0. The van der Waals surface area contributed by atoms with Gasteiger partial charge in [-0.05, 0) is 77.4 Å². The van der Waals surface area contributed by atoms with Crippen molar-refractivity contribution in [3.8, 4) is 11.5 Å². The third-order valence-corrected chi connectivity index (χ3v) is 9.65. The lowest BCUT2D eigenvalue weighted by Gasteiger charge is -2.33. The van der Waals surface area contributed by atoms with E-state index >= 15 is 0 Å². The van der Waals surface area contributed by atoms with Gasteiger partial charge >= 0.3 is 0 Å². The van der Waals surface area contributed by atoms with E-state index in [1.807, 2.05) is 4.90 Å². The summed E-state index contributed by atoms with van der Waals surface area (Å²) in [6.07, 6.45) is 4.56. The van der Waals surface area contributed by atoms with E-state index in [0.717, 1.165) is 5.56 Å². The number of aryl methyl sites for hydroxylation is 2. The second kappa shape index (κ2) is 12.6. The minimum absolute atomic E-state index is 0.0624. The number of hydrogen-bond acceptors (Lipinski definition) is 8. The summed E-state index contributed by atoms with van der Waals surface area (Å²) in [5.74, 6) is -0.944. The fourth-order valence-corrected chi connectivity index (χ4v) is 6.52. The molecule has 1 amide bonds. The van der Waals surface area contributed by atoms with Gasteiger partial charge in [0.15, 0.2) is 11.5 Å². The molecule has 0 unspecified atom stereocenters. The SMILES string of the molecule is CC(C)(C)c1ccc(CCc2cc(O)c(O)c(C(=O)Nc3ccc(S(=O)(=O)N4CCN(c5ncccn5)CC4)cc3)c2)cc1. The van der Waals surface area contributed by atoms with Gasteiger partial charge < -0.3 is 20.4 Å². The highest BCUT2D eigenvalue weighted by Crippen LogP contribution is 2.32. The van der Waals surface area contributed by atoms with Crippen LogP contribution in [-0.2, 0) is 28.3 Å². The molecule has 44 heavy (non-hydrogen) atoms. The van der Waals surface area contributed by atoms with Crippen molar-refractivity contribution < 1.29 is 23.4 Å². The zero-order valence-electron chi connectivity index (χ0n) is 25.1. The lowest BCUT2D eigenvalue weighted by molar-refractivity contribution is 0.102. The summed E-state index contributed by atoms with van der Waals surface area (Å²) in [7, 11) is -3.74. The van der Waals surface area contributed by atoms with E-state index in [1.54, 1.807) is 24.5 Å². The van der Waals surface area contributed by atoms with E-state index in [-0.39, 0.29) is 21.6 Å². The molecule has 5 rings (SSSR count). The maximum Gasteiger partial charge on any atom is 0.259 e. The Kier molecular flexibility index (Phi) is 8.89. The number of anilines is 2. The fourth-order valence-electron chi connectivity index (χ4n) is 5.10. The predicted molar refractivity (Wildman–Crippen MR) is 170 cm³/mol. The highest BCUT2D eigenvalue weighted by molar-refractivity contribution is 7.89. The Morgan fingerprint density at radius 2 is 1.48 bits per heavy atom. The normalized spacial score (nSPS) is 14.4. The Morgan fingerprint density at radius 3 is 2.09 bits per heavy atom. The van der Waals surface area contributed by atoms with Crippen molar-refractivity contribution in [1.29, 1.82) is 0 Å². The van der Waals surface area contributed by atoms with Crippen LogP contribution in [0.15, 0.2) is 84.0 Å². The molecular weight excluding hydrogens is 578 g/mol. The van der Waals surface area contributed by atoms with Crippen LogP contribution in [0, 0.1) is 0 Å². The number of amides is 1. The Morgan fingerprint density at radius 1 is 0.864 bits per heavy atom. The van der Waals surface area contributed by atoms with Gasteiger partial charge in [-0.25, -0.2) is 18.4 Å². The summed E-state index contributed by atoms with van der Waals surface area (Å²) in [6.45, 7) is 8.01. The number of carbonyl (C=O) groups excluding carboxylic acids is 1. The van der Waals surface area contributed by atoms with Crippen LogP contribution in [0.2, 0.25) is 0 Å². The summed E-state index contributed by atoms with van der Waals surface area (Å²) in [4.78, 5) is 23.6. The zero-order chi connectivity index (χ0) is 31.5. The number of aromatic nitrogens is 2. The molecule has 2 heterocycles. The molecule has 1 aromatic heterocycles. The molecule has 3 aromatic carbocycles. The predicted octanol–water partition coefficient (Wildman–Crippen LogP) is 4.73. The summed E-state index contributed by atoms with van der Waals surface area (Å²) in [5.41, 5.74) is 3.41. The van der Waals surface area contributed by atoms with Crippen LogP contribution in [-0.4, -0.2) is 65.0 Å². The van der Waals surface area contributed by atoms with Crippen LogP contribution in [0.3, 0.4) is 0 Å². The topological polar surface area (TPSA) is 136 Å². The molecule has 11 heteroatoms. The van der Waals surface area contributed by atoms with Gasteiger partial charge in [0, 0.05) is 44.3 Å². The molecule has 1 saturated heterocycles. The largest absolute Gasteiger partial charge is 0.504 e. The second-order valence-corrected chi connectivity index (χ2v) is 13.8. The average Bonchev–Trinajstić information content (AvgIpc) is 3.02. The van der Waals surface area contributed by atoms with Gasteiger partial charge in [0.2, 0.25) is 16.0 Å². The number of rotatable bonds is 8. The maximum absolute atomic E-state index is 13.3. The van der Waals surface area contributed by atoms with Crippen LogP contribution < -0.4 is 10.2 Å². The first-order chi connectivity index (χ1) is 20.9. The summed E-state index contributed by atoms with van der Waals surface area (Å²) >= 11 is 0. The van der Waals surface area contributed by atoms with Gasteiger partial charge in [0.25, 0.3) is 5.91 Å². The molecule has 0 spiro atoms. The number of piperazine rings is 1. The summed E-state index contributed by atoms with van der Waals surface area (Å²) in [6, 6.07) is 19.0. The molecule has 1 aliphatic heterocycles. The number of phenolic OH excluding ortho intramolecular Hbond substituents is 2. The molecule has 0 atom stereocenters. The van der Waals surface area contributed by atoms with Crippen molar-refractivity contribution in [2.45, 2.75) is 43.9 Å². The van der Waals surface area contributed by atoms with Crippen molar-refractivity contribution in [2.24, 2.45) is 0 Å². The smallest absolute Gasteiger partial charge is 0.259 e. The van der Waals surface area contributed by atoms with Gasteiger partial charge in [-0.3, -0.25) is 4.79 Å². The molecule has 10 nitrogen and oxygen atoms in total. The first-order valence-corrected chi connectivity index (χ1v) is 15.9. The Hall–Kier alpha value is -4.48. The number of nitrogens with one attached hydrogen (secondary N) is 1. The first-order valence-electron chi connectivity index (χ1n) is 14.5. The molecule has 0 saturated carbocycles. The lowest BCUT2D eigenvalue weighted by atomic mass is 9.86. The number of nitrogens with zero attached hydrogens (tertiary/aromatic N) is 4. The molecule has 230 valence electrons. The standard InChI is InChI=1S/C33H37N5O5S/c1-33(2,3)25-9-7-23(8-10-25)5-6-24-21-28(30(40)29(39)22-24)31(41)36-26-11-13-27(14-12-26)44(42,43)38-19-17-37(18-20-38)32-34-15-4-16-35-32/h4,7-16,21-22,39-40H,5-6,17-20H2,1-3H3,(H,36,41). The third-order valence-electron chi connectivity index (χ3n) is 7.74. The highest BCUT2D eigenvalue weighted by atomic mass is 32.2. The van der Waals surface area contributed by atoms with Crippen LogP contribution in [0.1, 0.15) is 47.8 Å². The highest BCUT2D eigenvalue weighted by Gasteiger charge is 2.29. The maximum atomic E-state index is 13.3. The summed E-state index contributed by atoms with van der Waals surface area (Å²) in [5, 5.41) is 23.5. The third kappa shape index (κ3) is 7.00. The molecule has 4 aromatic rings. The Bertz CT molecular complexity index is 1710. The van der Waals surface area contributed by atoms with E-state index in [4.69, 9.17) is 0 Å². The molecule has 3 N–H and O–H groups in total. The van der Waals surface area contributed by atoms with Gasteiger partial charge in [-0.15, -0.1) is 0 Å². The van der Waals surface area contributed by atoms with Gasteiger partial charge in [0.05, 0.1) is 10.5 Å². The van der Waals surface area contributed by atoms with Crippen molar-refractivity contribution in [1.82, 2.24) is 14.3 Å². The van der Waals surface area contributed by atoms with E-state index in [9.17, 15) is 23.4 Å². The van der Waals surface area contributed by atoms with Crippen LogP contribution in [0.4, 0.5) is 11.6 Å². The van der Waals surface area contributed by atoms with E-state index in [0.29, 0.717) is 56.2 Å². The number of carbonyl (C=O) groups is 1. The monoisotopic (exact) mass is 615 g/mol. The molecular formula is C33H37N5O5S. The number of hydrogen-bond donors (Lipinski definition) is 3. The van der Waals surface area contributed by atoms with Crippen LogP contribution in [0.25, 0.3) is 0 Å². The molecule has 1 aliphatic rings. The van der Waals surface area contributed by atoms with Crippen molar-refractivity contribution in [2.75, 3.05) is 36.4 Å². The zero-order valence-corrected chi connectivity index (χ0v) is 25.9. The fraction of sp³-hybridized carbons (Fsp3) is 0.303. The summed E-state index contributed by atoms with van der Waals surface area (Å²) < 4.78 is 27.9. The van der Waals surface area contributed by atoms with Crippen molar-refractivity contribution in [3.05, 3.63) is 101 Å². The second-order valence-electron chi connectivity index (χ2n) is 11.9.